The van der Waals surface area contributed by atoms with Gasteiger partial charge >= 0.3 is 5.97 Å². The Bertz CT molecular complexity index is 754. The fraction of sp³-hybridized carbons (Fsp3) is 0.350. The minimum absolute atomic E-state index is 0.167. The molecular weight excluding hydrogens is 336 g/mol. The zero-order valence-electron chi connectivity index (χ0n) is 14.9. The summed E-state index contributed by atoms with van der Waals surface area (Å²) in [5.41, 5.74) is 2.67. The van der Waals surface area contributed by atoms with E-state index in [0.717, 1.165) is 35.5 Å². The van der Waals surface area contributed by atoms with E-state index in [1.54, 1.807) is 19.2 Å². The molecule has 0 unspecified atom stereocenters. The highest BCUT2D eigenvalue weighted by molar-refractivity contribution is 5.89. The Balaban J connectivity index is 1.74. The van der Waals surface area contributed by atoms with Gasteiger partial charge < -0.3 is 23.7 Å². The summed E-state index contributed by atoms with van der Waals surface area (Å²) in [6.45, 7) is 1.24. The first kappa shape index (κ1) is 18.1. The molecule has 2 aromatic carbocycles. The lowest BCUT2D eigenvalue weighted by Gasteiger charge is -2.21. The van der Waals surface area contributed by atoms with E-state index in [2.05, 4.69) is 0 Å². The lowest BCUT2D eigenvalue weighted by Crippen LogP contribution is -2.16. The Morgan fingerprint density at radius 1 is 1.00 bits per heavy atom. The van der Waals surface area contributed by atoms with E-state index >= 15 is 0 Å². The van der Waals surface area contributed by atoms with E-state index in [4.69, 9.17) is 23.7 Å². The van der Waals surface area contributed by atoms with Gasteiger partial charge in [0.2, 0.25) is 0 Å². The average Bonchev–Trinajstić information content (AvgIpc) is 2.70. The number of esters is 1. The lowest BCUT2D eigenvalue weighted by molar-refractivity contribution is 0.0499. The van der Waals surface area contributed by atoms with Crippen LogP contribution in [-0.2, 0) is 22.3 Å². The van der Waals surface area contributed by atoms with Crippen molar-refractivity contribution < 1.29 is 28.5 Å². The van der Waals surface area contributed by atoms with Crippen molar-refractivity contribution in [3.8, 4) is 17.2 Å². The van der Waals surface area contributed by atoms with Crippen LogP contribution in [-0.4, -0.2) is 40.2 Å². The van der Waals surface area contributed by atoms with Crippen molar-refractivity contribution in [3.05, 3.63) is 53.1 Å². The molecule has 26 heavy (non-hydrogen) atoms. The van der Waals surface area contributed by atoms with Crippen LogP contribution in [0.3, 0.4) is 0 Å². The van der Waals surface area contributed by atoms with Crippen LogP contribution in [0.4, 0.5) is 0 Å². The number of fused-ring (bicyclic) bond motifs is 1. The molecule has 0 saturated heterocycles. The Morgan fingerprint density at radius 2 is 1.69 bits per heavy atom. The molecule has 6 heteroatoms. The lowest BCUT2D eigenvalue weighted by atomic mass is 10.0. The molecule has 0 radical (unpaired) electrons. The first-order valence-corrected chi connectivity index (χ1v) is 8.42. The van der Waals surface area contributed by atoms with Gasteiger partial charge in [-0.3, -0.25) is 0 Å². The number of carbonyl (C=O) groups is 1. The Kier molecular flexibility index (Phi) is 5.96. The average molecular weight is 358 g/mol. The second-order valence-corrected chi connectivity index (χ2v) is 5.84. The third kappa shape index (κ3) is 4.26. The molecule has 0 N–H and O–H groups in total. The molecule has 0 bridgehead atoms. The number of aryl methyl sites for hydroxylation is 2. The number of methoxy groups -OCH3 is 2. The van der Waals surface area contributed by atoms with Gasteiger partial charge in [0, 0.05) is 13.2 Å². The van der Waals surface area contributed by atoms with Crippen molar-refractivity contribution in [2.75, 3.05) is 34.2 Å². The number of benzene rings is 2. The van der Waals surface area contributed by atoms with Crippen LogP contribution in [0.15, 0.2) is 36.4 Å². The van der Waals surface area contributed by atoms with E-state index in [1.807, 2.05) is 24.3 Å². The topological polar surface area (TPSA) is 63.2 Å². The number of ether oxygens (including phenoxy) is 5. The molecular formula is C20H22O6. The van der Waals surface area contributed by atoms with Gasteiger partial charge in [-0.05, 0) is 42.2 Å². The van der Waals surface area contributed by atoms with Gasteiger partial charge in [-0.25, -0.2) is 4.79 Å². The molecule has 0 atom stereocenters. The number of hydrogen-bond acceptors (Lipinski definition) is 6. The van der Waals surface area contributed by atoms with E-state index in [9.17, 15) is 4.79 Å². The molecule has 0 spiro atoms. The van der Waals surface area contributed by atoms with Crippen LogP contribution in [0.1, 0.15) is 21.5 Å². The second kappa shape index (κ2) is 8.58. The van der Waals surface area contributed by atoms with Gasteiger partial charge in [0.1, 0.15) is 19.0 Å². The molecule has 1 aliphatic rings. The maximum atomic E-state index is 11.5. The highest BCUT2D eigenvalue weighted by Crippen LogP contribution is 2.37. The molecule has 0 aliphatic carbocycles. The molecule has 1 aliphatic heterocycles. The van der Waals surface area contributed by atoms with Gasteiger partial charge in [-0.15, -0.1) is 0 Å². The van der Waals surface area contributed by atoms with Crippen LogP contribution in [0.25, 0.3) is 0 Å². The van der Waals surface area contributed by atoms with Gasteiger partial charge in [0.15, 0.2) is 18.3 Å². The zero-order valence-corrected chi connectivity index (χ0v) is 14.9. The molecule has 6 nitrogen and oxygen atoms in total. The van der Waals surface area contributed by atoms with Crippen molar-refractivity contribution >= 4 is 5.97 Å². The van der Waals surface area contributed by atoms with Gasteiger partial charge in [0.05, 0.1) is 12.7 Å². The summed E-state index contributed by atoms with van der Waals surface area (Å²) >= 11 is 0. The maximum absolute atomic E-state index is 11.5. The van der Waals surface area contributed by atoms with Crippen LogP contribution < -0.4 is 14.2 Å². The summed E-state index contributed by atoms with van der Waals surface area (Å²) in [6.07, 6.45) is 1.55. The zero-order chi connectivity index (χ0) is 18.4. The maximum Gasteiger partial charge on any atom is 0.337 e. The summed E-state index contributed by atoms with van der Waals surface area (Å²) in [5, 5.41) is 0. The predicted molar refractivity (Wildman–Crippen MR) is 95.1 cm³/mol. The minimum Gasteiger partial charge on any atom is -0.486 e. The molecule has 1 heterocycles. The van der Waals surface area contributed by atoms with Crippen LogP contribution in [0.5, 0.6) is 17.2 Å². The van der Waals surface area contributed by atoms with Crippen LogP contribution in [0, 0.1) is 0 Å². The first-order chi connectivity index (χ1) is 12.7. The van der Waals surface area contributed by atoms with Gasteiger partial charge in [0.25, 0.3) is 0 Å². The number of rotatable bonds is 7. The van der Waals surface area contributed by atoms with Gasteiger partial charge in [-0.1, -0.05) is 12.1 Å². The van der Waals surface area contributed by atoms with E-state index < -0.39 is 0 Å². The van der Waals surface area contributed by atoms with Crippen molar-refractivity contribution in [2.45, 2.75) is 12.8 Å². The Hall–Kier alpha value is -2.73. The van der Waals surface area contributed by atoms with Crippen molar-refractivity contribution in [1.29, 1.82) is 0 Å². The normalized spacial score (nSPS) is 12.5. The summed E-state index contributed by atoms with van der Waals surface area (Å²) in [7, 11) is 2.96. The monoisotopic (exact) mass is 358 g/mol. The highest BCUT2D eigenvalue weighted by atomic mass is 16.7. The third-order valence-electron chi connectivity index (χ3n) is 4.12. The standard InChI is InChI=1S/C20H22O6/c1-22-13-26-17-12-19-18(24-9-10-25-19)11-16(17)8-5-14-3-6-15(7-4-14)20(21)23-2/h3-4,6-7,11-12H,5,8-10,13H2,1-2H3. The molecule has 0 saturated carbocycles. The molecule has 3 rings (SSSR count). The van der Waals surface area contributed by atoms with Crippen LogP contribution in [0.2, 0.25) is 0 Å². The summed E-state index contributed by atoms with van der Waals surface area (Å²) in [5.74, 6) is 1.81. The van der Waals surface area contributed by atoms with E-state index in [-0.39, 0.29) is 12.8 Å². The predicted octanol–water partition coefficient (Wildman–Crippen LogP) is 3.01. The van der Waals surface area contributed by atoms with E-state index in [1.165, 1.54) is 7.11 Å². The fourth-order valence-corrected chi connectivity index (χ4v) is 2.77. The third-order valence-corrected chi connectivity index (χ3v) is 4.12. The SMILES string of the molecule is COCOc1cc2c(cc1CCc1ccc(C(=O)OC)cc1)OCCO2. The largest absolute Gasteiger partial charge is 0.486 e. The molecule has 2 aromatic rings. The summed E-state index contributed by atoms with van der Waals surface area (Å²) in [6, 6.07) is 11.2. The minimum atomic E-state index is -0.335. The summed E-state index contributed by atoms with van der Waals surface area (Å²) < 4.78 is 26.7. The smallest absolute Gasteiger partial charge is 0.337 e. The summed E-state index contributed by atoms with van der Waals surface area (Å²) in [4.78, 5) is 11.5. The van der Waals surface area contributed by atoms with Crippen molar-refractivity contribution in [3.63, 3.8) is 0 Å². The molecule has 0 amide bonds. The number of hydrogen-bond donors (Lipinski definition) is 0. The van der Waals surface area contributed by atoms with Crippen molar-refractivity contribution in [1.82, 2.24) is 0 Å². The van der Waals surface area contributed by atoms with Crippen molar-refractivity contribution in [2.24, 2.45) is 0 Å². The number of carbonyl (C=O) groups excluding carboxylic acids is 1. The second-order valence-electron chi connectivity index (χ2n) is 5.84. The Morgan fingerprint density at radius 3 is 2.35 bits per heavy atom. The van der Waals surface area contributed by atoms with Crippen LogP contribution >= 0.6 is 0 Å². The van der Waals surface area contributed by atoms with Gasteiger partial charge in [-0.2, -0.15) is 0 Å². The highest BCUT2D eigenvalue weighted by Gasteiger charge is 2.17. The molecule has 0 aromatic heterocycles. The molecule has 0 fully saturated rings. The fourth-order valence-electron chi connectivity index (χ4n) is 2.77. The quantitative estimate of drug-likeness (QED) is 0.560. The molecule has 138 valence electrons. The van der Waals surface area contributed by atoms with E-state index in [0.29, 0.717) is 24.5 Å². The Labute approximate surface area is 152 Å². The first-order valence-electron chi connectivity index (χ1n) is 8.42.